The van der Waals surface area contributed by atoms with Crippen molar-refractivity contribution in [3.05, 3.63) is 71.3 Å². The molecule has 0 aliphatic carbocycles. The van der Waals surface area contributed by atoms with Crippen LogP contribution in [-0.4, -0.2) is 59.6 Å². The van der Waals surface area contributed by atoms with Gasteiger partial charge >= 0.3 is 0 Å². The van der Waals surface area contributed by atoms with Crippen LogP contribution in [0.3, 0.4) is 0 Å². The minimum Gasteiger partial charge on any atom is -0.379 e. The number of amides is 2. The Morgan fingerprint density at radius 1 is 1.12 bits per heavy atom. The normalized spacial score (nSPS) is 20.8. The van der Waals surface area contributed by atoms with Gasteiger partial charge in [-0.25, -0.2) is 0 Å². The maximum Gasteiger partial charge on any atom is 0.269 e. The van der Waals surface area contributed by atoms with Crippen LogP contribution in [0.5, 0.6) is 0 Å². The van der Waals surface area contributed by atoms with Gasteiger partial charge in [0.2, 0.25) is 5.60 Å². The number of hydrogen-bond acceptors (Lipinski definition) is 4. The second-order valence-electron chi connectivity index (χ2n) is 9.36. The molecule has 1 atom stereocenters. The summed E-state index contributed by atoms with van der Waals surface area (Å²) >= 11 is 0. The van der Waals surface area contributed by atoms with E-state index < -0.39 is 5.60 Å². The lowest BCUT2D eigenvalue weighted by molar-refractivity contribution is -0.151. The van der Waals surface area contributed by atoms with E-state index in [2.05, 4.69) is 29.4 Å². The number of carbonyl (C=O) groups excluding carboxylic acids is 2. The van der Waals surface area contributed by atoms with Gasteiger partial charge in [-0.1, -0.05) is 47.6 Å². The molecule has 2 aliphatic heterocycles. The average Bonchev–Trinajstić information content (AvgIpc) is 3.27. The highest BCUT2D eigenvalue weighted by Crippen LogP contribution is 2.29. The Bertz CT molecular complexity index is 1030. The Morgan fingerprint density at radius 3 is 2.55 bits per heavy atom. The number of benzene rings is 2. The minimum absolute atomic E-state index is 0.0547. The van der Waals surface area contributed by atoms with Crippen LogP contribution < -0.4 is 0 Å². The zero-order chi connectivity index (χ0) is 23.4. The molecule has 2 amide bonds. The molecule has 1 unspecified atom stereocenters. The van der Waals surface area contributed by atoms with Crippen LogP contribution >= 0.6 is 0 Å². The van der Waals surface area contributed by atoms with E-state index >= 15 is 0 Å². The topological polar surface area (TPSA) is 62.2 Å². The zero-order valence-electron chi connectivity index (χ0n) is 19.8. The fraction of sp³-hybridized carbons (Fsp3) is 0.444. The molecule has 174 valence electrons. The molecule has 4 rings (SSSR count). The molecular weight excluding hydrogens is 414 g/mol. The largest absolute Gasteiger partial charge is 0.379 e. The van der Waals surface area contributed by atoms with Gasteiger partial charge in [0.25, 0.3) is 11.8 Å². The molecule has 6 heteroatoms. The van der Waals surface area contributed by atoms with Crippen LogP contribution in [0.15, 0.2) is 59.8 Å². The second-order valence-corrected chi connectivity index (χ2v) is 9.36. The van der Waals surface area contributed by atoms with E-state index in [0.29, 0.717) is 30.2 Å². The Kier molecular flexibility index (Phi) is 6.82. The molecule has 0 radical (unpaired) electrons. The summed E-state index contributed by atoms with van der Waals surface area (Å²) in [5.41, 5.74) is 2.55. The third-order valence-electron chi connectivity index (χ3n) is 6.85. The number of hydrogen-bond donors (Lipinski definition) is 0. The summed E-state index contributed by atoms with van der Waals surface area (Å²) < 4.78 is 0. The van der Waals surface area contributed by atoms with Gasteiger partial charge in [-0.15, -0.1) is 0 Å². The van der Waals surface area contributed by atoms with Gasteiger partial charge in [-0.3, -0.25) is 9.59 Å². The number of carbonyl (C=O) groups is 2. The van der Waals surface area contributed by atoms with Crippen LogP contribution in [0.4, 0.5) is 0 Å². The molecule has 0 aromatic heterocycles. The summed E-state index contributed by atoms with van der Waals surface area (Å²) in [5, 5.41) is 4.20. The van der Waals surface area contributed by atoms with E-state index in [1.165, 1.54) is 5.56 Å². The predicted molar refractivity (Wildman–Crippen MR) is 129 cm³/mol. The van der Waals surface area contributed by atoms with Crippen LogP contribution in [0, 0.1) is 5.92 Å². The minimum atomic E-state index is -0.999. The lowest BCUT2D eigenvalue weighted by Gasteiger charge is -2.32. The maximum atomic E-state index is 13.2. The number of piperidine rings is 1. The van der Waals surface area contributed by atoms with Crippen molar-refractivity contribution in [2.75, 3.05) is 26.7 Å². The quantitative estimate of drug-likeness (QED) is 0.669. The van der Waals surface area contributed by atoms with E-state index in [1.807, 2.05) is 42.2 Å². The number of likely N-dealkylation sites (N-methyl/N-ethyl adjacent to an activating group) is 1. The first-order valence-electron chi connectivity index (χ1n) is 11.8. The van der Waals surface area contributed by atoms with Crippen LogP contribution in [0.2, 0.25) is 0 Å². The summed E-state index contributed by atoms with van der Waals surface area (Å²) in [6.45, 7) is 5.87. The van der Waals surface area contributed by atoms with E-state index in [9.17, 15) is 9.59 Å². The van der Waals surface area contributed by atoms with E-state index in [1.54, 1.807) is 18.9 Å². The number of likely N-dealkylation sites (tertiary alicyclic amines) is 1. The van der Waals surface area contributed by atoms with Gasteiger partial charge in [0, 0.05) is 44.2 Å². The molecular formula is C27H33N3O3. The summed E-state index contributed by atoms with van der Waals surface area (Å²) in [6.07, 6.45) is 3.50. The smallest absolute Gasteiger partial charge is 0.269 e. The molecule has 0 N–H and O–H groups in total. The van der Waals surface area contributed by atoms with Gasteiger partial charge in [0.1, 0.15) is 0 Å². The first-order chi connectivity index (χ1) is 15.9. The highest BCUT2D eigenvalue weighted by atomic mass is 16.7. The third kappa shape index (κ3) is 5.10. The van der Waals surface area contributed by atoms with Gasteiger partial charge in [-0.2, -0.15) is 0 Å². The van der Waals surface area contributed by atoms with Gasteiger partial charge in [0.05, 0.1) is 5.71 Å². The number of rotatable bonds is 6. The zero-order valence-corrected chi connectivity index (χ0v) is 19.8. The highest BCUT2D eigenvalue weighted by Gasteiger charge is 2.43. The van der Waals surface area contributed by atoms with Crippen LogP contribution in [0.1, 0.15) is 54.6 Å². The van der Waals surface area contributed by atoms with Gasteiger partial charge in [0.15, 0.2) is 0 Å². The molecule has 2 aromatic rings. The Morgan fingerprint density at radius 2 is 1.85 bits per heavy atom. The monoisotopic (exact) mass is 447 g/mol. The predicted octanol–water partition coefficient (Wildman–Crippen LogP) is 4.14. The molecule has 0 spiro atoms. The fourth-order valence-corrected chi connectivity index (χ4v) is 4.66. The molecule has 2 aliphatic rings. The highest BCUT2D eigenvalue weighted by molar-refractivity contribution is 6.07. The van der Waals surface area contributed by atoms with Crippen molar-refractivity contribution >= 4 is 17.5 Å². The molecule has 33 heavy (non-hydrogen) atoms. The SMILES string of the molecule is CCN(C)C(=O)C1(C)CC(c2cccc(C(=O)N3CCC(Cc4ccccc4)CC3)c2)=NO1. The van der Waals surface area contributed by atoms with Crippen molar-refractivity contribution in [1.82, 2.24) is 9.80 Å². The lowest BCUT2D eigenvalue weighted by atomic mass is 9.90. The summed E-state index contributed by atoms with van der Waals surface area (Å²) in [5.74, 6) is 0.581. The first kappa shape index (κ1) is 23.0. The molecule has 1 saturated heterocycles. The van der Waals surface area contributed by atoms with Crippen LogP contribution in [-0.2, 0) is 16.1 Å². The van der Waals surface area contributed by atoms with Gasteiger partial charge in [-0.05, 0) is 56.7 Å². The summed E-state index contributed by atoms with van der Waals surface area (Å²) in [6, 6.07) is 18.1. The van der Waals surface area contributed by atoms with E-state index in [4.69, 9.17) is 4.84 Å². The number of oxime groups is 1. The second kappa shape index (κ2) is 9.77. The molecule has 0 bridgehead atoms. The Balaban J connectivity index is 1.37. The van der Waals surface area contributed by atoms with E-state index in [0.717, 1.165) is 37.9 Å². The Labute approximate surface area is 196 Å². The first-order valence-corrected chi connectivity index (χ1v) is 11.8. The van der Waals surface area contributed by atoms with Crippen molar-refractivity contribution in [2.45, 2.75) is 45.1 Å². The van der Waals surface area contributed by atoms with Crippen molar-refractivity contribution < 1.29 is 14.4 Å². The maximum absolute atomic E-state index is 13.2. The molecule has 2 heterocycles. The van der Waals surface area contributed by atoms with Gasteiger partial charge < -0.3 is 14.6 Å². The lowest BCUT2D eigenvalue weighted by Crippen LogP contribution is -2.45. The summed E-state index contributed by atoms with van der Waals surface area (Å²) in [7, 11) is 1.76. The number of nitrogens with zero attached hydrogens (tertiary/aromatic N) is 3. The molecule has 0 saturated carbocycles. The van der Waals surface area contributed by atoms with Crippen molar-refractivity contribution in [2.24, 2.45) is 11.1 Å². The van der Waals surface area contributed by atoms with E-state index in [-0.39, 0.29) is 11.8 Å². The fourth-order valence-electron chi connectivity index (χ4n) is 4.66. The van der Waals surface area contributed by atoms with Crippen molar-refractivity contribution in [3.63, 3.8) is 0 Å². The third-order valence-corrected chi connectivity index (χ3v) is 6.85. The summed E-state index contributed by atoms with van der Waals surface area (Å²) in [4.78, 5) is 35.0. The average molecular weight is 448 g/mol. The van der Waals surface area contributed by atoms with Crippen LogP contribution in [0.25, 0.3) is 0 Å². The molecule has 2 aromatic carbocycles. The van der Waals surface area contributed by atoms with Crippen molar-refractivity contribution in [3.8, 4) is 0 Å². The molecule has 1 fully saturated rings. The Hall–Kier alpha value is -3.15. The standard InChI is InChI=1S/C27H33N3O3/c1-4-29(3)26(32)27(2)19-24(28-33-27)22-11-8-12-23(18-22)25(31)30-15-13-21(14-16-30)17-20-9-6-5-7-10-20/h5-12,18,21H,4,13-17,19H2,1-3H3. The van der Waals surface area contributed by atoms with Crippen molar-refractivity contribution in [1.29, 1.82) is 0 Å². The molecule has 6 nitrogen and oxygen atoms in total.